The monoisotopic (exact) mass is 401 g/mol. The number of hydrogen-bond donors (Lipinski definition) is 1. The highest BCUT2D eigenvalue weighted by atomic mass is 32.2. The van der Waals surface area contributed by atoms with Crippen molar-refractivity contribution in [3.8, 4) is 17.7 Å². The largest absolute Gasteiger partial charge is 0.451 e. The molecule has 0 aliphatic heterocycles. The minimum atomic E-state index is -4.88. The van der Waals surface area contributed by atoms with E-state index in [2.05, 4.69) is 10.3 Å². The molecule has 0 radical (unpaired) electrons. The van der Waals surface area contributed by atoms with Gasteiger partial charge in [-0.3, -0.25) is 5.32 Å². The fourth-order valence-corrected chi connectivity index (χ4v) is 2.38. The smallest absolute Gasteiger partial charge is 0.416 e. The second-order valence-electron chi connectivity index (χ2n) is 5.13. The van der Waals surface area contributed by atoms with Gasteiger partial charge in [-0.15, -0.1) is 0 Å². The van der Waals surface area contributed by atoms with Crippen molar-refractivity contribution >= 4 is 22.6 Å². The van der Waals surface area contributed by atoms with Crippen LogP contribution in [-0.2, 0) is 6.18 Å². The lowest BCUT2D eigenvalue weighted by atomic mass is 10.1. The van der Waals surface area contributed by atoms with E-state index in [0.29, 0.717) is 11.3 Å². The minimum absolute atomic E-state index is 0.00576. The average molecular weight is 401 g/mol. The second-order valence-corrected chi connectivity index (χ2v) is 5.92. The predicted octanol–water partition coefficient (Wildman–Crippen LogP) is 5.51. The number of nitriles is 1. The van der Waals surface area contributed by atoms with E-state index in [1.54, 1.807) is 25.4 Å². The molecular formula is C17H12F5N3OS. The Morgan fingerprint density at radius 3 is 2.37 bits per heavy atom. The molecule has 4 nitrogen and oxygen atoms in total. The molecular weight excluding hydrogens is 389 g/mol. The highest BCUT2D eigenvalue weighted by molar-refractivity contribution is 8.13. The van der Waals surface area contributed by atoms with Crippen LogP contribution < -0.4 is 10.1 Å². The summed E-state index contributed by atoms with van der Waals surface area (Å²) >= 11 is 1.17. The first-order chi connectivity index (χ1) is 12.7. The first-order valence-corrected chi connectivity index (χ1v) is 8.51. The summed E-state index contributed by atoms with van der Waals surface area (Å²) in [4.78, 5) is 4.19. The molecule has 0 aromatic heterocycles. The predicted molar refractivity (Wildman–Crippen MR) is 92.0 cm³/mol. The average Bonchev–Trinajstić information content (AvgIpc) is 2.59. The van der Waals surface area contributed by atoms with Crippen LogP contribution in [-0.4, -0.2) is 11.4 Å². The van der Waals surface area contributed by atoms with E-state index in [0.717, 1.165) is 0 Å². The summed E-state index contributed by atoms with van der Waals surface area (Å²) < 4.78 is 71.0. The molecule has 0 spiro atoms. The van der Waals surface area contributed by atoms with Crippen LogP contribution in [0, 0.1) is 30.0 Å². The van der Waals surface area contributed by atoms with E-state index >= 15 is 0 Å². The first-order valence-electron chi connectivity index (χ1n) is 7.29. The standard InChI is InChI=1S/C17H12F5N3OS/c1-9-13(25-16(27-2)24-8-23)4-3-5-14(9)26-15-11(18)6-10(7-12(15)19)17(20,21)22/h3-7H,1-2H3,(H,24,25). The molecule has 142 valence electrons. The molecule has 0 fully saturated rings. The Morgan fingerprint density at radius 2 is 1.85 bits per heavy atom. The molecule has 0 saturated carbocycles. The Hall–Kier alpha value is -2.80. The third-order valence-electron chi connectivity index (χ3n) is 3.37. The van der Waals surface area contributed by atoms with Crippen LogP contribution in [0.1, 0.15) is 11.1 Å². The third-order valence-corrected chi connectivity index (χ3v) is 3.95. The van der Waals surface area contributed by atoms with Gasteiger partial charge in [0.1, 0.15) is 5.75 Å². The highest BCUT2D eigenvalue weighted by Crippen LogP contribution is 2.37. The summed E-state index contributed by atoms with van der Waals surface area (Å²) in [6.07, 6.45) is -1.47. The number of nitrogens with zero attached hydrogens (tertiary/aromatic N) is 2. The zero-order chi connectivity index (χ0) is 20.2. The number of aliphatic imine (C=N–C) groups is 1. The van der Waals surface area contributed by atoms with Gasteiger partial charge in [0.25, 0.3) is 0 Å². The number of rotatable bonds is 3. The van der Waals surface area contributed by atoms with Gasteiger partial charge in [-0.25, -0.2) is 13.8 Å². The Balaban J connectivity index is 2.42. The quantitative estimate of drug-likeness (QED) is 0.242. The van der Waals surface area contributed by atoms with Gasteiger partial charge in [0, 0.05) is 5.56 Å². The number of alkyl halides is 3. The van der Waals surface area contributed by atoms with E-state index in [4.69, 9.17) is 10.00 Å². The highest BCUT2D eigenvalue weighted by Gasteiger charge is 2.33. The lowest BCUT2D eigenvalue weighted by molar-refractivity contribution is -0.138. The first kappa shape index (κ1) is 20.5. The van der Waals surface area contributed by atoms with Crippen LogP contribution >= 0.6 is 11.8 Å². The maximum absolute atomic E-state index is 14.0. The van der Waals surface area contributed by atoms with E-state index < -0.39 is 29.1 Å². The maximum Gasteiger partial charge on any atom is 0.416 e. The van der Waals surface area contributed by atoms with Crippen molar-refractivity contribution in [3.05, 3.63) is 53.1 Å². The lowest BCUT2D eigenvalue weighted by Crippen LogP contribution is -2.12. The third kappa shape index (κ3) is 4.89. The van der Waals surface area contributed by atoms with Gasteiger partial charge in [0.2, 0.25) is 0 Å². The topological polar surface area (TPSA) is 57.4 Å². The van der Waals surface area contributed by atoms with Gasteiger partial charge >= 0.3 is 6.18 Å². The van der Waals surface area contributed by atoms with Crippen molar-refractivity contribution in [2.45, 2.75) is 13.1 Å². The molecule has 0 atom stereocenters. The van der Waals surface area contributed by atoms with Crippen LogP contribution in [0.25, 0.3) is 0 Å². The molecule has 0 aliphatic carbocycles. The summed E-state index contributed by atoms with van der Waals surface area (Å²) in [5, 5.41) is 11.3. The van der Waals surface area contributed by atoms with Crippen molar-refractivity contribution in [1.82, 2.24) is 5.32 Å². The summed E-state index contributed by atoms with van der Waals surface area (Å²) in [6.45, 7) is 1.55. The van der Waals surface area contributed by atoms with Gasteiger partial charge in [-0.05, 0) is 37.4 Å². The molecule has 27 heavy (non-hydrogen) atoms. The van der Waals surface area contributed by atoms with E-state index in [1.165, 1.54) is 23.9 Å². The number of thioether (sulfide) groups is 1. The molecule has 0 heterocycles. The minimum Gasteiger partial charge on any atom is -0.451 e. The number of hydrogen-bond acceptors (Lipinski definition) is 4. The number of benzene rings is 2. The molecule has 0 saturated heterocycles. The fourth-order valence-electron chi connectivity index (χ4n) is 2.05. The zero-order valence-electron chi connectivity index (χ0n) is 14.0. The van der Waals surface area contributed by atoms with Gasteiger partial charge in [-0.1, -0.05) is 17.8 Å². The number of nitrogens with one attached hydrogen (secondary N) is 1. The summed E-state index contributed by atoms with van der Waals surface area (Å²) in [7, 11) is 0. The SMILES string of the molecule is CSC(=Nc1cccc(Oc2c(F)cc(C(F)(F)F)cc2F)c1C)NC#N. The molecule has 2 rings (SSSR count). The normalized spacial score (nSPS) is 11.9. The van der Waals surface area contributed by atoms with Crippen molar-refractivity contribution in [2.75, 3.05) is 6.26 Å². The van der Waals surface area contributed by atoms with Gasteiger partial charge in [-0.2, -0.15) is 18.4 Å². The van der Waals surface area contributed by atoms with Crippen molar-refractivity contribution in [1.29, 1.82) is 5.26 Å². The lowest BCUT2D eigenvalue weighted by Gasteiger charge is -2.14. The molecule has 2 aromatic rings. The number of ether oxygens (including phenoxy) is 1. The van der Waals surface area contributed by atoms with E-state index in [9.17, 15) is 22.0 Å². The Labute approximate surface area is 155 Å². The Bertz CT molecular complexity index is 899. The number of halogens is 5. The molecule has 10 heteroatoms. The fraction of sp³-hybridized carbons (Fsp3) is 0.176. The van der Waals surface area contributed by atoms with Crippen LogP contribution in [0.4, 0.5) is 27.6 Å². The Morgan fingerprint density at radius 1 is 1.22 bits per heavy atom. The van der Waals surface area contributed by atoms with E-state index in [1.807, 2.05) is 0 Å². The van der Waals surface area contributed by atoms with Crippen LogP contribution in [0.5, 0.6) is 11.5 Å². The molecule has 1 N–H and O–H groups in total. The molecule has 2 aromatic carbocycles. The van der Waals surface area contributed by atoms with Crippen molar-refractivity contribution < 1.29 is 26.7 Å². The molecule has 0 aliphatic rings. The van der Waals surface area contributed by atoms with E-state index in [-0.39, 0.29) is 23.0 Å². The van der Waals surface area contributed by atoms with Gasteiger partial charge < -0.3 is 4.74 Å². The van der Waals surface area contributed by atoms with Crippen LogP contribution in [0.2, 0.25) is 0 Å². The van der Waals surface area contributed by atoms with Crippen molar-refractivity contribution in [2.24, 2.45) is 4.99 Å². The van der Waals surface area contributed by atoms with Crippen molar-refractivity contribution in [3.63, 3.8) is 0 Å². The zero-order valence-corrected chi connectivity index (χ0v) is 14.8. The summed E-state index contributed by atoms with van der Waals surface area (Å²) in [5.41, 5.74) is -0.720. The van der Waals surface area contributed by atoms with Crippen LogP contribution in [0.15, 0.2) is 35.3 Å². The van der Waals surface area contributed by atoms with Gasteiger partial charge in [0.15, 0.2) is 28.7 Å². The molecule has 0 unspecified atom stereocenters. The molecule has 0 bridgehead atoms. The number of amidine groups is 1. The summed E-state index contributed by atoms with van der Waals surface area (Å²) in [5.74, 6) is -3.91. The van der Waals surface area contributed by atoms with Gasteiger partial charge in [0.05, 0.1) is 11.3 Å². The van der Waals surface area contributed by atoms with Crippen LogP contribution in [0.3, 0.4) is 0 Å². The maximum atomic E-state index is 14.0. The summed E-state index contributed by atoms with van der Waals surface area (Å²) in [6, 6.07) is 4.79. The Kier molecular flexibility index (Phi) is 6.28. The second kappa shape index (κ2) is 8.26. The molecule has 0 amide bonds.